The van der Waals surface area contributed by atoms with E-state index in [9.17, 15) is 9.90 Å². The Morgan fingerprint density at radius 1 is 1.58 bits per heavy atom. The number of halogens is 1. The summed E-state index contributed by atoms with van der Waals surface area (Å²) in [6, 6.07) is 7.59. The second-order valence-electron chi connectivity index (χ2n) is 4.75. The number of aliphatic carboxylic acids is 1. The van der Waals surface area contributed by atoms with Crippen LogP contribution in [0.4, 0.5) is 5.69 Å². The van der Waals surface area contributed by atoms with Gasteiger partial charge in [0.25, 0.3) is 0 Å². The predicted molar refractivity (Wildman–Crippen MR) is 77.3 cm³/mol. The van der Waals surface area contributed by atoms with Crippen LogP contribution >= 0.6 is 12.4 Å². The van der Waals surface area contributed by atoms with E-state index in [0.29, 0.717) is 6.42 Å². The summed E-state index contributed by atoms with van der Waals surface area (Å²) >= 11 is 0. The summed E-state index contributed by atoms with van der Waals surface area (Å²) in [4.78, 5) is 11.4. The van der Waals surface area contributed by atoms with Crippen LogP contribution in [0.25, 0.3) is 0 Å². The zero-order valence-electron chi connectivity index (χ0n) is 10.6. The summed E-state index contributed by atoms with van der Waals surface area (Å²) in [5.41, 5.74) is 4.39. The molecule has 0 amide bonds. The molecule has 106 valence electrons. The SMILES string of the molecule is Cl.NNc1cccc(C[C@H](C(=O)O)[C@H]2CCNC2)c1. The van der Waals surface area contributed by atoms with Gasteiger partial charge < -0.3 is 15.8 Å². The standard InChI is InChI=1S/C13H19N3O2.ClH/c14-16-11-3-1-2-9(6-11)7-12(13(17)18)10-4-5-15-8-10;/h1-3,6,10,12,15-16H,4-5,7-8,14H2,(H,17,18);1H/t10-,12-;/m0./s1. The van der Waals surface area contributed by atoms with Crippen molar-refractivity contribution in [1.29, 1.82) is 0 Å². The number of rotatable bonds is 5. The number of hydrogen-bond acceptors (Lipinski definition) is 4. The molecule has 0 aromatic heterocycles. The first-order valence-corrected chi connectivity index (χ1v) is 6.20. The van der Waals surface area contributed by atoms with Crippen molar-refractivity contribution in [1.82, 2.24) is 5.32 Å². The predicted octanol–water partition coefficient (Wildman–Crippen LogP) is 1.25. The largest absolute Gasteiger partial charge is 0.481 e. The molecule has 1 aliphatic rings. The molecule has 0 aliphatic carbocycles. The number of hydrogen-bond donors (Lipinski definition) is 4. The van der Waals surface area contributed by atoms with Crippen molar-refractivity contribution in [2.45, 2.75) is 12.8 Å². The number of benzene rings is 1. The van der Waals surface area contributed by atoms with Crippen LogP contribution in [0, 0.1) is 11.8 Å². The maximum Gasteiger partial charge on any atom is 0.307 e. The lowest BCUT2D eigenvalue weighted by Gasteiger charge is -2.18. The molecule has 19 heavy (non-hydrogen) atoms. The van der Waals surface area contributed by atoms with Crippen LogP contribution in [0.15, 0.2) is 24.3 Å². The van der Waals surface area contributed by atoms with Gasteiger partial charge in [0.15, 0.2) is 0 Å². The van der Waals surface area contributed by atoms with Crippen LogP contribution < -0.4 is 16.6 Å². The maximum absolute atomic E-state index is 11.4. The van der Waals surface area contributed by atoms with E-state index in [2.05, 4.69) is 10.7 Å². The van der Waals surface area contributed by atoms with Gasteiger partial charge in [0, 0.05) is 5.69 Å². The molecule has 1 aliphatic heterocycles. The van der Waals surface area contributed by atoms with Gasteiger partial charge in [-0.1, -0.05) is 12.1 Å². The lowest BCUT2D eigenvalue weighted by atomic mass is 9.86. The fraction of sp³-hybridized carbons (Fsp3) is 0.462. The van der Waals surface area contributed by atoms with Crippen LogP contribution in [0.2, 0.25) is 0 Å². The van der Waals surface area contributed by atoms with E-state index in [1.54, 1.807) is 0 Å². The third kappa shape index (κ3) is 4.09. The molecule has 1 aromatic carbocycles. The third-order valence-electron chi connectivity index (χ3n) is 3.53. The summed E-state index contributed by atoms with van der Waals surface area (Å²) in [7, 11) is 0. The molecule has 5 nitrogen and oxygen atoms in total. The van der Waals surface area contributed by atoms with E-state index in [1.807, 2.05) is 24.3 Å². The number of hydrazine groups is 1. The molecule has 1 saturated heterocycles. The molecule has 0 saturated carbocycles. The molecule has 0 spiro atoms. The van der Waals surface area contributed by atoms with Crippen molar-refractivity contribution >= 4 is 24.1 Å². The summed E-state index contributed by atoms with van der Waals surface area (Å²) < 4.78 is 0. The Morgan fingerprint density at radius 3 is 2.95 bits per heavy atom. The van der Waals surface area contributed by atoms with E-state index in [-0.39, 0.29) is 24.2 Å². The lowest BCUT2D eigenvalue weighted by molar-refractivity contribution is -0.143. The Balaban J connectivity index is 0.00000180. The Labute approximate surface area is 118 Å². The summed E-state index contributed by atoms with van der Waals surface area (Å²) in [5, 5.41) is 12.6. The average molecular weight is 286 g/mol. The number of anilines is 1. The highest BCUT2D eigenvalue weighted by Gasteiger charge is 2.30. The number of carboxylic acids is 1. The van der Waals surface area contributed by atoms with Crippen LogP contribution in [0.1, 0.15) is 12.0 Å². The second kappa shape index (κ2) is 7.33. The number of nitrogen functional groups attached to an aromatic ring is 1. The molecule has 1 fully saturated rings. The zero-order valence-corrected chi connectivity index (χ0v) is 11.5. The van der Waals surface area contributed by atoms with Crippen LogP contribution in [0.3, 0.4) is 0 Å². The maximum atomic E-state index is 11.4. The van der Waals surface area contributed by atoms with E-state index >= 15 is 0 Å². The molecular formula is C13H20ClN3O2. The summed E-state index contributed by atoms with van der Waals surface area (Å²) in [6.07, 6.45) is 1.49. The molecule has 1 heterocycles. The minimum atomic E-state index is -0.713. The Hall–Kier alpha value is -1.30. The normalized spacial score (nSPS) is 19.5. The van der Waals surface area contributed by atoms with Crippen molar-refractivity contribution in [2.24, 2.45) is 17.7 Å². The van der Waals surface area contributed by atoms with Crippen molar-refractivity contribution in [3.63, 3.8) is 0 Å². The molecule has 5 N–H and O–H groups in total. The molecule has 6 heteroatoms. The fourth-order valence-electron chi connectivity index (χ4n) is 2.52. The lowest BCUT2D eigenvalue weighted by Crippen LogP contribution is -2.27. The average Bonchev–Trinajstić information content (AvgIpc) is 2.89. The Bertz CT molecular complexity index is 422. The van der Waals surface area contributed by atoms with Gasteiger partial charge in [-0.05, 0) is 49.5 Å². The number of nitrogens with one attached hydrogen (secondary N) is 2. The molecular weight excluding hydrogens is 266 g/mol. The molecule has 2 atom stereocenters. The van der Waals surface area contributed by atoms with Gasteiger partial charge >= 0.3 is 5.97 Å². The van der Waals surface area contributed by atoms with Crippen molar-refractivity contribution in [2.75, 3.05) is 18.5 Å². The highest BCUT2D eigenvalue weighted by Crippen LogP contribution is 2.24. The van der Waals surface area contributed by atoms with Crippen molar-refractivity contribution in [3.05, 3.63) is 29.8 Å². The molecule has 1 aromatic rings. The fourth-order valence-corrected chi connectivity index (χ4v) is 2.52. The first kappa shape index (κ1) is 15.8. The minimum Gasteiger partial charge on any atom is -0.481 e. The van der Waals surface area contributed by atoms with Gasteiger partial charge in [-0.15, -0.1) is 12.4 Å². The third-order valence-corrected chi connectivity index (χ3v) is 3.53. The van der Waals surface area contributed by atoms with E-state index < -0.39 is 5.97 Å². The Kier molecular flexibility index (Phi) is 6.08. The minimum absolute atomic E-state index is 0. The number of carbonyl (C=O) groups is 1. The van der Waals surface area contributed by atoms with Crippen molar-refractivity contribution < 1.29 is 9.90 Å². The van der Waals surface area contributed by atoms with Gasteiger partial charge in [0.05, 0.1) is 5.92 Å². The molecule has 0 radical (unpaired) electrons. The van der Waals surface area contributed by atoms with E-state index in [4.69, 9.17) is 5.84 Å². The van der Waals surface area contributed by atoms with Crippen LogP contribution in [-0.2, 0) is 11.2 Å². The summed E-state index contributed by atoms with van der Waals surface area (Å²) in [5.74, 6) is 4.54. The zero-order chi connectivity index (χ0) is 13.0. The smallest absolute Gasteiger partial charge is 0.307 e. The highest BCUT2D eigenvalue weighted by atomic mass is 35.5. The second-order valence-corrected chi connectivity index (χ2v) is 4.75. The van der Waals surface area contributed by atoms with Gasteiger partial charge in [-0.25, -0.2) is 0 Å². The van der Waals surface area contributed by atoms with Crippen LogP contribution in [-0.4, -0.2) is 24.2 Å². The van der Waals surface area contributed by atoms with Gasteiger partial charge in [-0.3, -0.25) is 10.6 Å². The highest BCUT2D eigenvalue weighted by molar-refractivity contribution is 5.85. The van der Waals surface area contributed by atoms with Gasteiger partial charge in [0.2, 0.25) is 0 Å². The van der Waals surface area contributed by atoms with E-state index in [1.165, 1.54) is 0 Å². The Morgan fingerprint density at radius 2 is 2.37 bits per heavy atom. The van der Waals surface area contributed by atoms with Gasteiger partial charge in [-0.2, -0.15) is 0 Å². The molecule has 0 bridgehead atoms. The number of carboxylic acid groups (broad SMARTS) is 1. The van der Waals surface area contributed by atoms with Gasteiger partial charge in [0.1, 0.15) is 0 Å². The topological polar surface area (TPSA) is 87.4 Å². The van der Waals surface area contributed by atoms with E-state index in [0.717, 1.165) is 30.8 Å². The number of nitrogens with two attached hydrogens (primary N) is 1. The van der Waals surface area contributed by atoms with Crippen molar-refractivity contribution in [3.8, 4) is 0 Å². The summed E-state index contributed by atoms with van der Waals surface area (Å²) in [6.45, 7) is 1.71. The van der Waals surface area contributed by atoms with Crippen LogP contribution in [0.5, 0.6) is 0 Å². The molecule has 0 unspecified atom stereocenters. The monoisotopic (exact) mass is 285 g/mol. The first-order valence-electron chi connectivity index (χ1n) is 6.20. The first-order chi connectivity index (χ1) is 8.70. The quantitative estimate of drug-likeness (QED) is 0.483. The molecule has 2 rings (SSSR count).